The zero-order valence-corrected chi connectivity index (χ0v) is 35.2. The molecule has 12 nitrogen and oxygen atoms in total. The van der Waals surface area contributed by atoms with Crippen molar-refractivity contribution >= 4 is 24.4 Å². The van der Waals surface area contributed by atoms with Gasteiger partial charge in [-0.3, -0.25) is 0 Å². The van der Waals surface area contributed by atoms with Gasteiger partial charge in [0.05, 0.1) is 26.4 Å². The highest BCUT2D eigenvalue weighted by Gasteiger charge is 2.26. The van der Waals surface area contributed by atoms with Crippen molar-refractivity contribution in [1.82, 2.24) is 19.6 Å². The first kappa shape index (κ1) is 48.1. The highest BCUT2D eigenvalue weighted by atomic mass is 16.6. The summed E-state index contributed by atoms with van der Waals surface area (Å²) in [6, 6.07) is 0. The number of piperidine rings is 4. The van der Waals surface area contributed by atoms with E-state index in [0.29, 0.717) is 36.9 Å². The Morgan fingerprint density at radius 1 is 0.528 bits per heavy atom. The highest BCUT2D eigenvalue weighted by molar-refractivity contribution is 5.68. The number of ether oxygens (including phenoxy) is 4. The monoisotopic (exact) mass is 755 g/mol. The molecular weight excluding hydrogens is 676 g/mol. The molecule has 0 radical (unpaired) electrons. The predicted octanol–water partition coefficient (Wildman–Crippen LogP) is 9.45. The van der Waals surface area contributed by atoms with E-state index in [1.54, 1.807) is 4.90 Å². The molecule has 4 aliphatic heterocycles. The number of likely N-dealkylation sites (tertiary alicyclic amines) is 4. The maximum absolute atomic E-state index is 11.6. The van der Waals surface area contributed by atoms with Crippen LogP contribution in [0.15, 0.2) is 0 Å². The summed E-state index contributed by atoms with van der Waals surface area (Å²) in [6.07, 6.45) is 14.5. The fourth-order valence-corrected chi connectivity index (χ4v) is 7.16. The van der Waals surface area contributed by atoms with E-state index in [4.69, 9.17) is 14.2 Å². The number of carbonyl (C=O) groups excluding carboxylic acids is 4. The SMILES string of the molecule is CCC1CCCN(C(=O)OC(C)C)C1.CCC1CCCN(C(=O)OC)C1.CCCOC(=O)N1CCCC(CC)C1.CCOC(=O)N1CCCC(CC)C1. The summed E-state index contributed by atoms with van der Waals surface area (Å²) < 4.78 is 19.9. The third-order valence-corrected chi connectivity index (χ3v) is 10.6. The van der Waals surface area contributed by atoms with Crippen LogP contribution in [0.5, 0.6) is 0 Å². The molecule has 4 unspecified atom stereocenters. The molecule has 0 spiro atoms. The Morgan fingerprint density at radius 2 is 0.868 bits per heavy atom. The minimum absolute atomic E-state index is 0.00972. The van der Waals surface area contributed by atoms with Gasteiger partial charge in [0.15, 0.2) is 0 Å². The molecule has 4 aliphatic rings. The van der Waals surface area contributed by atoms with Gasteiger partial charge in [0.1, 0.15) is 0 Å². The summed E-state index contributed by atoms with van der Waals surface area (Å²) in [5, 5.41) is 0. The molecule has 4 atom stereocenters. The highest BCUT2D eigenvalue weighted by Crippen LogP contribution is 2.22. The van der Waals surface area contributed by atoms with E-state index in [1.165, 1.54) is 32.8 Å². The zero-order chi connectivity index (χ0) is 39.6. The Hall–Kier alpha value is -2.92. The minimum atomic E-state index is -0.173. The fourth-order valence-electron chi connectivity index (χ4n) is 7.16. The van der Waals surface area contributed by atoms with Gasteiger partial charge in [0, 0.05) is 52.4 Å². The number of hydrogen-bond acceptors (Lipinski definition) is 8. The molecule has 12 heteroatoms. The smallest absolute Gasteiger partial charge is 0.410 e. The summed E-state index contributed by atoms with van der Waals surface area (Å²) in [5.74, 6) is 2.71. The summed E-state index contributed by atoms with van der Waals surface area (Å²) in [6.45, 7) is 24.4. The van der Waals surface area contributed by atoms with Crippen LogP contribution < -0.4 is 0 Å². The number of rotatable bonds is 8. The Kier molecular flexibility index (Phi) is 25.9. The maximum Gasteiger partial charge on any atom is 0.410 e. The average Bonchev–Trinajstić information content (AvgIpc) is 3.20. The first-order valence-electron chi connectivity index (χ1n) is 21.1. The van der Waals surface area contributed by atoms with Crippen LogP contribution in [-0.4, -0.2) is 123 Å². The molecule has 4 heterocycles. The van der Waals surface area contributed by atoms with Crippen LogP contribution in [0.2, 0.25) is 0 Å². The summed E-state index contributed by atoms with van der Waals surface area (Å²) in [5.41, 5.74) is 0. The van der Waals surface area contributed by atoms with E-state index in [9.17, 15) is 19.2 Å². The van der Waals surface area contributed by atoms with Gasteiger partial charge >= 0.3 is 24.4 Å². The fraction of sp³-hybridized carbons (Fsp3) is 0.902. The topological polar surface area (TPSA) is 118 Å². The maximum atomic E-state index is 11.6. The van der Waals surface area contributed by atoms with Crippen molar-refractivity contribution in [2.24, 2.45) is 23.7 Å². The molecule has 4 amide bonds. The minimum Gasteiger partial charge on any atom is -0.453 e. The van der Waals surface area contributed by atoms with Crippen LogP contribution in [0.4, 0.5) is 19.2 Å². The molecule has 0 N–H and O–H groups in total. The summed E-state index contributed by atoms with van der Waals surface area (Å²) in [4.78, 5) is 52.9. The normalized spacial score (nSPS) is 22.8. The molecular formula is C41H78N4O8. The molecule has 0 bridgehead atoms. The molecule has 0 aliphatic carbocycles. The molecule has 310 valence electrons. The largest absolute Gasteiger partial charge is 0.453 e. The third kappa shape index (κ3) is 19.8. The average molecular weight is 755 g/mol. The number of methoxy groups -OCH3 is 1. The van der Waals surface area contributed by atoms with Gasteiger partial charge < -0.3 is 38.5 Å². The van der Waals surface area contributed by atoms with Crippen LogP contribution in [0.25, 0.3) is 0 Å². The van der Waals surface area contributed by atoms with Crippen molar-refractivity contribution < 1.29 is 38.1 Å². The van der Waals surface area contributed by atoms with Gasteiger partial charge in [-0.25, -0.2) is 19.2 Å². The zero-order valence-electron chi connectivity index (χ0n) is 35.2. The van der Waals surface area contributed by atoms with Gasteiger partial charge in [-0.1, -0.05) is 60.3 Å². The molecule has 53 heavy (non-hydrogen) atoms. The quantitative estimate of drug-likeness (QED) is 0.225. The third-order valence-electron chi connectivity index (χ3n) is 10.6. The van der Waals surface area contributed by atoms with Gasteiger partial charge in [0.25, 0.3) is 0 Å². The lowest BCUT2D eigenvalue weighted by atomic mass is 9.96. The van der Waals surface area contributed by atoms with Crippen LogP contribution in [0, 0.1) is 23.7 Å². The Balaban J connectivity index is 0.000000354. The van der Waals surface area contributed by atoms with Crippen LogP contribution >= 0.6 is 0 Å². The second-order valence-corrected chi connectivity index (χ2v) is 15.2. The number of carbonyl (C=O) groups is 4. The van der Waals surface area contributed by atoms with Crippen LogP contribution in [-0.2, 0) is 18.9 Å². The number of hydrogen-bond donors (Lipinski definition) is 0. The van der Waals surface area contributed by atoms with Gasteiger partial charge in [-0.2, -0.15) is 0 Å². The van der Waals surface area contributed by atoms with Crippen LogP contribution in [0.3, 0.4) is 0 Å². The Bertz CT molecular complexity index is 1010. The van der Waals surface area contributed by atoms with E-state index in [2.05, 4.69) is 32.4 Å². The Morgan fingerprint density at radius 3 is 1.17 bits per heavy atom. The molecule has 0 aromatic heterocycles. The van der Waals surface area contributed by atoms with E-state index < -0.39 is 0 Å². The van der Waals surface area contributed by atoms with E-state index in [-0.39, 0.29) is 30.5 Å². The molecule has 0 aromatic rings. The van der Waals surface area contributed by atoms with E-state index in [1.807, 2.05) is 42.4 Å². The van der Waals surface area contributed by atoms with Crippen molar-refractivity contribution in [2.45, 2.75) is 145 Å². The molecule has 4 rings (SSSR count). The first-order valence-corrected chi connectivity index (χ1v) is 21.1. The molecule has 4 saturated heterocycles. The van der Waals surface area contributed by atoms with Crippen molar-refractivity contribution in [1.29, 1.82) is 0 Å². The second kappa shape index (κ2) is 28.5. The van der Waals surface area contributed by atoms with Crippen molar-refractivity contribution in [3.8, 4) is 0 Å². The Labute approximate surface area is 322 Å². The molecule has 0 saturated carbocycles. The number of nitrogens with zero attached hydrogens (tertiary/aromatic N) is 4. The lowest BCUT2D eigenvalue weighted by Crippen LogP contribution is -2.40. The van der Waals surface area contributed by atoms with Gasteiger partial charge in [-0.15, -0.1) is 0 Å². The van der Waals surface area contributed by atoms with Crippen LogP contribution in [0.1, 0.15) is 139 Å². The van der Waals surface area contributed by atoms with Gasteiger partial charge in [0.2, 0.25) is 0 Å². The van der Waals surface area contributed by atoms with Crippen molar-refractivity contribution in [2.75, 3.05) is 72.7 Å². The summed E-state index contributed by atoms with van der Waals surface area (Å²) >= 11 is 0. The van der Waals surface area contributed by atoms with E-state index >= 15 is 0 Å². The van der Waals surface area contributed by atoms with Gasteiger partial charge in [-0.05, 0) is 102 Å². The molecule has 0 aromatic carbocycles. The lowest BCUT2D eigenvalue weighted by molar-refractivity contribution is 0.0622. The number of amides is 4. The lowest BCUT2D eigenvalue weighted by Gasteiger charge is -2.31. The van der Waals surface area contributed by atoms with Crippen molar-refractivity contribution in [3.63, 3.8) is 0 Å². The van der Waals surface area contributed by atoms with E-state index in [0.717, 1.165) is 110 Å². The first-order chi connectivity index (χ1) is 25.5. The second-order valence-electron chi connectivity index (χ2n) is 15.2. The molecule has 4 fully saturated rings. The standard InChI is InChI=1S/2C11H21NO2.C10H19NO2.C9H17NO2/c1-4-10-6-5-7-12(8-10)11(13)14-9(2)3;1-3-8-14-11(13)12-7-5-6-10(4-2)9-12;1-3-9-6-5-7-11(8-9)10(12)13-4-2;1-3-8-5-4-6-10(7-8)9(11)12-2/h9-10H,4-8H2,1-3H3;10H,3-9H2,1-2H3;9H,3-8H2,1-2H3;8H,3-7H2,1-2H3. The van der Waals surface area contributed by atoms with Crippen molar-refractivity contribution in [3.05, 3.63) is 0 Å². The summed E-state index contributed by atoms with van der Waals surface area (Å²) in [7, 11) is 1.44. The predicted molar refractivity (Wildman–Crippen MR) is 211 cm³/mol.